The molecule has 0 spiro atoms. The first-order valence-electron chi connectivity index (χ1n) is 15.3. The summed E-state index contributed by atoms with van der Waals surface area (Å²) in [5, 5.41) is 3.72. The van der Waals surface area contributed by atoms with Gasteiger partial charge in [0, 0.05) is 17.6 Å². The van der Waals surface area contributed by atoms with Crippen molar-refractivity contribution < 1.29 is 22.7 Å². The second-order valence-electron chi connectivity index (χ2n) is 11.1. The third kappa shape index (κ3) is 8.33. The molecule has 1 N–H and O–H groups in total. The van der Waals surface area contributed by atoms with Gasteiger partial charge in [0.05, 0.1) is 17.2 Å². The summed E-state index contributed by atoms with van der Waals surface area (Å²) in [6, 6.07) is 19.6. The summed E-state index contributed by atoms with van der Waals surface area (Å²) in [6.45, 7) is 5.44. The molecule has 10 heteroatoms. The Morgan fingerprint density at radius 3 is 2.25 bits per heavy atom. The van der Waals surface area contributed by atoms with Crippen molar-refractivity contribution in [2.45, 2.75) is 82.8 Å². The van der Waals surface area contributed by atoms with E-state index in [1.807, 2.05) is 20.8 Å². The van der Waals surface area contributed by atoms with E-state index in [-0.39, 0.29) is 29.1 Å². The highest BCUT2D eigenvalue weighted by Crippen LogP contribution is 2.33. The van der Waals surface area contributed by atoms with Gasteiger partial charge in [-0.15, -0.1) is 0 Å². The topological polar surface area (TPSA) is 96.0 Å². The average molecular weight is 640 g/mol. The summed E-state index contributed by atoms with van der Waals surface area (Å²) in [5.41, 5.74) is 1.92. The van der Waals surface area contributed by atoms with Crippen molar-refractivity contribution in [3.8, 4) is 5.75 Å². The van der Waals surface area contributed by atoms with Gasteiger partial charge in [-0.25, -0.2) is 8.42 Å². The van der Waals surface area contributed by atoms with Crippen LogP contribution in [0.3, 0.4) is 0 Å². The molecule has 4 rings (SSSR count). The van der Waals surface area contributed by atoms with Crippen molar-refractivity contribution >= 4 is 39.1 Å². The molecule has 3 aromatic rings. The lowest BCUT2D eigenvalue weighted by molar-refractivity contribution is -0.140. The van der Waals surface area contributed by atoms with Gasteiger partial charge in [0.2, 0.25) is 11.8 Å². The number of rotatable bonds is 13. The van der Waals surface area contributed by atoms with Gasteiger partial charge in [-0.2, -0.15) is 0 Å². The van der Waals surface area contributed by atoms with Crippen LogP contribution in [-0.2, 0) is 26.2 Å². The van der Waals surface area contributed by atoms with Gasteiger partial charge >= 0.3 is 0 Å². The molecule has 8 nitrogen and oxygen atoms in total. The van der Waals surface area contributed by atoms with Crippen LogP contribution in [0, 0.1) is 6.92 Å². The predicted molar refractivity (Wildman–Crippen MR) is 174 cm³/mol. The number of hydrogen-bond donors (Lipinski definition) is 1. The Bertz CT molecular complexity index is 1510. The molecule has 3 aromatic carbocycles. The van der Waals surface area contributed by atoms with Crippen molar-refractivity contribution in [3.63, 3.8) is 0 Å². The number of para-hydroxylation sites is 2. The van der Waals surface area contributed by atoms with E-state index in [0.717, 1.165) is 47.5 Å². The number of hydrogen-bond acceptors (Lipinski definition) is 5. The highest BCUT2D eigenvalue weighted by molar-refractivity contribution is 7.92. The number of amides is 2. The minimum atomic E-state index is -4.21. The SMILES string of the molecule is CCOc1ccccc1N(CC(=O)N(Cc1ccc(Cl)cc1)[C@@H](CC)C(=O)NC1CCCCC1)S(=O)(=O)c1ccc(C)cc1. The van der Waals surface area contributed by atoms with Gasteiger partial charge in [0.25, 0.3) is 10.0 Å². The number of halogens is 1. The van der Waals surface area contributed by atoms with Crippen molar-refractivity contribution in [2.24, 2.45) is 0 Å². The first-order valence-corrected chi connectivity index (χ1v) is 17.1. The molecule has 0 unspecified atom stereocenters. The highest BCUT2D eigenvalue weighted by atomic mass is 35.5. The van der Waals surface area contributed by atoms with Crippen molar-refractivity contribution in [3.05, 3.63) is 88.9 Å². The molecule has 0 aromatic heterocycles. The van der Waals surface area contributed by atoms with Crippen molar-refractivity contribution in [2.75, 3.05) is 17.5 Å². The fraction of sp³-hybridized carbons (Fsp3) is 0.412. The molecule has 0 bridgehead atoms. The Morgan fingerprint density at radius 2 is 1.61 bits per heavy atom. The Kier molecular flexibility index (Phi) is 11.7. The summed E-state index contributed by atoms with van der Waals surface area (Å²) in [6.07, 6.45) is 5.44. The molecule has 0 radical (unpaired) electrons. The number of nitrogens with one attached hydrogen (secondary N) is 1. The van der Waals surface area contributed by atoms with Crippen LogP contribution < -0.4 is 14.4 Å². The molecule has 1 atom stereocenters. The molecule has 44 heavy (non-hydrogen) atoms. The zero-order chi connectivity index (χ0) is 31.7. The van der Waals surface area contributed by atoms with E-state index in [9.17, 15) is 18.0 Å². The zero-order valence-electron chi connectivity index (χ0n) is 25.7. The molecule has 236 valence electrons. The van der Waals surface area contributed by atoms with Crippen LogP contribution in [0.15, 0.2) is 77.7 Å². The summed E-state index contributed by atoms with van der Waals surface area (Å²) in [7, 11) is -4.21. The molecular formula is C34H42ClN3O5S. The summed E-state index contributed by atoms with van der Waals surface area (Å²) >= 11 is 6.12. The number of carbonyl (C=O) groups excluding carboxylic acids is 2. The van der Waals surface area contributed by atoms with Crippen molar-refractivity contribution in [1.82, 2.24) is 10.2 Å². The average Bonchev–Trinajstić information content (AvgIpc) is 3.02. The lowest BCUT2D eigenvalue weighted by Gasteiger charge is -2.34. The lowest BCUT2D eigenvalue weighted by Crippen LogP contribution is -2.54. The van der Waals surface area contributed by atoms with E-state index in [2.05, 4.69) is 5.32 Å². The second kappa shape index (κ2) is 15.4. The van der Waals surface area contributed by atoms with Crippen LogP contribution in [0.1, 0.15) is 63.5 Å². The number of aryl methyl sites for hydroxylation is 1. The summed E-state index contributed by atoms with van der Waals surface area (Å²) < 4.78 is 35.3. The standard InChI is InChI=1S/C34H42ClN3O5S/c1-4-30(34(40)36-28-11-7-6-8-12-28)37(23-26-17-19-27(35)20-18-26)33(39)24-38(31-13-9-10-14-32(31)43-5-2)44(41,42)29-21-15-25(3)16-22-29/h9-10,13-22,28,30H,4-8,11-12,23-24H2,1-3H3,(H,36,40)/t30-/m0/s1. The highest BCUT2D eigenvalue weighted by Gasteiger charge is 2.35. The van der Waals surface area contributed by atoms with Crippen LogP contribution in [0.4, 0.5) is 5.69 Å². The fourth-order valence-corrected chi connectivity index (χ4v) is 7.09. The van der Waals surface area contributed by atoms with Gasteiger partial charge in [-0.05, 0) is 75.1 Å². The van der Waals surface area contributed by atoms with Gasteiger partial charge in [0.15, 0.2) is 0 Å². The number of sulfonamides is 1. The van der Waals surface area contributed by atoms with E-state index in [1.165, 1.54) is 17.0 Å². The van der Waals surface area contributed by atoms with E-state index in [1.54, 1.807) is 60.7 Å². The van der Waals surface area contributed by atoms with Gasteiger partial charge in [-0.1, -0.05) is 79.7 Å². The van der Waals surface area contributed by atoms with Crippen LogP contribution in [0.5, 0.6) is 5.75 Å². The first-order chi connectivity index (χ1) is 21.1. The predicted octanol–water partition coefficient (Wildman–Crippen LogP) is 6.50. The molecule has 1 saturated carbocycles. The minimum Gasteiger partial charge on any atom is -0.492 e. The third-order valence-corrected chi connectivity index (χ3v) is 9.95. The molecule has 0 aliphatic heterocycles. The maximum atomic E-state index is 14.4. The Hall–Kier alpha value is -3.56. The molecule has 0 saturated heterocycles. The molecule has 2 amide bonds. The van der Waals surface area contributed by atoms with E-state index in [4.69, 9.17) is 16.3 Å². The minimum absolute atomic E-state index is 0.0496. The number of benzene rings is 3. The number of carbonyl (C=O) groups is 2. The zero-order valence-corrected chi connectivity index (χ0v) is 27.2. The third-order valence-electron chi connectivity index (χ3n) is 7.93. The monoisotopic (exact) mass is 639 g/mol. The second-order valence-corrected chi connectivity index (χ2v) is 13.4. The van der Waals surface area contributed by atoms with Crippen molar-refractivity contribution in [1.29, 1.82) is 0 Å². The van der Waals surface area contributed by atoms with Gasteiger partial charge in [-0.3, -0.25) is 13.9 Å². The van der Waals surface area contributed by atoms with E-state index >= 15 is 0 Å². The van der Waals surface area contributed by atoms with Crippen LogP contribution in [-0.4, -0.2) is 50.4 Å². The lowest BCUT2D eigenvalue weighted by atomic mass is 9.95. The number of nitrogens with zero attached hydrogens (tertiary/aromatic N) is 2. The molecular weight excluding hydrogens is 598 g/mol. The summed E-state index contributed by atoms with van der Waals surface area (Å²) in [5.74, 6) is -0.401. The Morgan fingerprint density at radius 1 is 0.955 bits per heavy atom. The normalized spacial score (nSPS) is 14.5. The largest absolute Gasteiger partial charge is 0.492 e. The smallest absolute Gasteiger partial charge is 0.264 e. The van der Waals surface area contributed by atoms with Crippen LogP contribution in [0.2, 0.25) is 5.02 Å². The Balaban J connectivity index is 1.74. The number of anilines is 1. The van der Waals surface area contributed by atoms with Gasteiger partial charge < -0.3 is 15.0 Å². The first kappa shape index (κ1) is 33.3. The Labute approximate surface area is 266 Å². The fourth-order valence-electron chi connectivity index (χ4n) is 5.54. The van der Waals surface area contributed by atoms with Gasteiger partial charge in [0.1, 0.15) is 18.3 Å². The molecule has 1 fully saturated rings. The van der Waals surface area contributed by atoms with Crippen LogP contribution >= 0.6 is 11.6 Å². The number of ether oxygens (including phenoxy) is 1. The molecule has 0 heterocycles. The summed E-state index contributed by atoms with van der Waals surface area (Å²) in [4.78, 5) is 29.6. The molecule has 1 aliphatic rings. The quantitative estimate of drug-likeness (QED) is 0.230. The maximum absolute atomic E-state index is 14.4. The van der Waals surface area contributed by atoms with E-state index in [0.29, 0.717) is 23.8 Å². The van der Waals surface area contributed by atoms with Crippen LogP contribution in [0.25, 0.3) is 0 Å². The molecule has 1 aliphatic carbocycles. The van der Waals surface area contributed by atoms with E-state index < -0.39 is 28.5 Å². The maximum Gasteiger partial charge on any atom is 0.264 e.